The Morgan fingerprint density at radius 2 is 2.15 bits per heavy atom. The van der Waals surface area contributed by atoms with Gasteiger partial charge in [-0.05, 0) is 31.4 Å². The number of fused-ring (bicyclic) bond motifs is 1. The van der Waals surface area contributed by atoms with Gasteiger partial charge >= 0.3 is 0 Å². The molecule has 0 saturated heterocycles. The van der Waals surface area contributed by atoms with Gasteiger partial charge in [0.25, 0.3) is 0 Å². The van der Waals surface area contributed by atoms with Crippen LogP contribution in [0.2, 0.25) is 0 Å². The van der Waals surface area contributed by atoms with Crippen molar-refractivity contribution >= 4 is 40.8 Å². The molecule has 0 aliphatic rings. The number of hydrogen-bond acceptors (Lipinski definition) is 2. The number of nitrogens with one attached hydrogen (secondary N) is 2. The van der Waals surface area contributed by atoms with E-state index < -0.39 is 0 Å². The zero-order chi connectivity index (χ0) is 18.4. The first-order valence-electron chi connectivity index (χ1n) is 9.19. The van der Waals surface area contributed by atoms with Crippen LogP contribution in [-0.2, 0) is 20.0 Å². The normalized spacial score (nSPS) is 11.4. The number of hydrogen-bond donors (Lipinski definition) is 2. The quantitative estimate of drug-likeness (QED) is 0.235. The van der Waals surface area contributed by atoms with Crippen LogP contribution >= 0.6 is 24.0 Å². The van der Waals surface area contributed by atoms with Crippen molar-refractivity contribution in [3.8, 4) is 0 Å². The van der Waals surface area contributed by atoms with Crippen molar-refractivity contribution in [1.82, 2.24) is 25.0 Å². The molecule has 27 heavy (non-hydrogen) atoms. The van der Waals surface area contributed by atoms with Crippen LogP contribution in [0.4, 0.5) is 0 Å². The number of aryl methyl sites for hydroxylation is 2. The molecule has 0 bridgehead atoms. The Labute approximate surface area is 178 Å². The minimum absolute atomic E-state index is 0. The summed E-state index contributed by atoms with van der Waals surface area (Å²) in [6.07, 6.45) is 8.11. The van der Waals surface area contributed by atoms with Gasteiger partial charge in [0.05, 0.1) is 6.20 Å². The minimum atomic E-state index is 0. The lowest BCUT2D eigenvalue weighted by atomic mass is 10.1. The Hall–Kier alpha value is -2.03. The molecule has 0 amide bonds. The summed E-state index contributed by atoms with van der Waals surface area (Å²) in [5.74, 6) is 0.940. The Morgan fingerprint density at radius 1 is 1.33 bits per heavy atom. The maximum atomic E-state index is 4.79. The van der Waals surface area contributed by atoms with Gasteiger partial charge in [0.2, 0.25) is 0 Å². The second kappa shape index (κ2) is 10.3. The molecule has 0 atom stereocenters. The number of nitrogens with zero attached hydrogens (tertiary/aromatic N) is 4. The molecule has 0 radical (unpaired) electrons. The smallest absolute Gasteiger partial charge is 0.193 e. The standard InChI is InChI=1S/C20H28N6.HI/c1-4-21-20(25(2)14-16-12-24-26(3)15-16)22-11-7-8-17-13-23-19-10-6-5-9-18(17)19;/h5-6,9-10,12-13,15,23H,4,7-8,11,14H2,1-3H3,(H,21,22);1H. The molecular weight excluding hydrogens is 451 g/mol. The average Bonchev–Trinajstić information content (AvgIpc) is 3.24. The van der Waals surface area contributed by atoms with Gasteiger partial charge in [-0.25, -0.2) is 0 Å². The molecule has 146 valence electrons. The first kappa shape index (κ1) is 21.3. The lowest BCUT2D eigenvalue weighted by Gasteiger charge is -2.21. The van der Waals surface area contributed by atoms with Crippen LogP contribution in [0.25, 0.3) is 10.9 Å². The van der Waals surface area contributed by atoms with E-state index in [1.807, 2.05) is 24.1 Å². The largest absolute Gasteiger partial charge is 0.361 e. The topological polar surface area (TPSA) is 61.2 Å². The summed E-state index contributed by atoms with van der Waals surface area (Å²) < 4.78 is 1.83. The van der Waals surface area contributed by atoms with E-state index in [0.717, 1.165) is 38.4 Å². The van der Waals surface area contributed by atoms with Crippen LogP contribution in [0.1, 0.15) is 24.5 Å². The summed E-state index contributed by atoms with van der Waals surface area (Å²) >= 11 is 0. The average molecular weight is 480 g/mol. The third kappa shape index (κ3) is 5.72. The summed E-state index contributed by atoms with van der Waals surface area (Å²) in [7, 11) is 4.00. The number of aliphatic imine (C=N–C) groups is 1. The molecule has 3 rings (SSSR count). The van der Waals surface area contributed by atoms with Crippen molar-refractivity contribution in [2.75, 3.05) is 20.1 Å². The van der Waals surface area contributed by atoms with E-state index in [1.165, 1.54) is 22.0 Å². The van der Waals surface area contributed by atoms with Crippen molar-refractivity contribution in [2.24, 2.45) is 12.0 Å². The highest BCUT2D eigenvalue weighted by Crippen LogP contribution is 2.18. The van der Waals surface area contributed by atoms with E-state index in [9.17, 15) is 0 Å². The van der Waals surface area contributed by atoms with Gasteiger partial charge in [0.15, 0.2) is 5.96 Å². The van der Waals surface area contributed by atoms with Gasteiger partial charge < -0.3 is 15.2 Å². The summed E-state index contributed by atoms with van der Waals surface area (Å²) in [6, 6.07) is 8.45. The lowest BCUT2D eigenvalue weighted by Crippen LogP contribution is -2.38. The second-order valence-electron chi connectivity index (χ2n) is 6.58. The molecular formula is C20H29IN6. The Kier molecular flexibility index (Phi) is 8.15. The molecule has 2 aromatic heterocycles. The summed E-state index contributed by atoms with van der Waals surface area (Å²) in [6.45, 7) is 4.55. The number of guanidine groups is 1. The van der Waals surface area contributed by atoms with Gasteiger partial charge in [-0.2, -0.15) is 5.10 Å². The van der Waals surface area contributed by atoms with E-state index in [2.05, 4.69) is 64.7 Å². The fourth-order valence-corrected chi connectivity index (χ4v) is 3.16. The third-order valence-electron chi connectivity index (χ3n) is 4.42. The highest BCUT2D eigenvalue weighted by atomic mass is 127. The van der Waals surface area contributed by atoms with Crippen molar-refractivity contribution in [2.45, 2.75) is 26.3 Å². The zero-order valence-corrected chi connectivity index (χ0v) is 18.6. The molecule has 2 N–H and O–H groups in total. The van der Waals surface area contributed by atoms with E-state index >= 15 is 0 Å². The maximum absolute atomic E-state index is 4.79. The Bertz CT molecular complexity index is 866. The van der Waals surface area contributed by atoms with Crippen LogP contribution in [0.15, 0.2) is 47.8 Å². The Morgan fingerprint density at radius 3 is 2.89 bits per heavy atom. The Balaban J connectivity index is 0.00000261. The fourth-order valence-electron chi connectivity index (χ4n) is 3.16. The predicted molar refractivity (Wildman–Crippen MR) is 123 cm³/mol. The summed E-state index contributed by atoms with van der Waals surface area (Å²) in [5.41, 5.74) is 3.75. The van der Waals surface area contributed by atoms with Gasteiger partial charge in [-0.15, -0.1) is 24.0 Å². The van der Waals surface area contributed by atoms with E-state index in [-0.39, 0.29) is 24.0 Å². The van der Waals surface area contributed by atoms with Gasteiger partial charge in [-0.3, -0.25) is 9.67 Å². The molecule has 6 nitrogen and oxygen atoms in total. The lowest BCUT2D eigenvalue weighted by molar-refractivity contribution is 0.476. The summed E-state index contributed by atoms with van der Waals surface area (Å²) in [5, 5.41) is 8.92. The second-order valence-corrected chi connectivity index (χ2v) is 6.58. The monoisotopic (exact) mass is 480 g/mol. The predicted octanol–water partition coefficient (Wildman–Crippen LogP) is 3.55. The van der Waals surface area contributed by atoms with Crippen molar-refractivity contribution in [1.29, 1.82) is 0 Å². The van der Waals surface area contributed by atoms with Crippen molar-refractivity contribution in [3.05, 3.63) is 54.0 Å². The number of para-hydroxylation sites is 1. The highest BCUT2D eigenvalue weighted by Gasteiger charge is 2.08. The van der Waals surface area contributed by atoms with Gasteiger partial charge in [-0.1, -0.05) is 18.2 Å². The number of benzene rings is 1. The number of aromatic amines is 1. The van der Waals surface area contributed by atoms with Crippen LogP contribution in [-0.4, -0.2) is 45.8 Å². The number of aromatic nitrogens is 3. The van der Waals surface area contributed by atoms with Crippen LogP contribution in [0, 0.1) is 0 Å². The number of halogens is 1. The molecule has 3 aromatic rings. The molecule has 0 saturated carbocycles. The molecule has 0 aliphatic heterocycles. The minimum Gasteiger partial charge on any atom is -0.361 e. The maximum Gasteiger partial charge on any atom is 0.193 e. The third-order valence-corrected chi connectivity index (χ3v) is 4.42. The molecule has 2 heterocycles. The number of rotatable bonds is 7. The molecule has 1 aromatic carbocycles. The molecule has 0 aliphatic carbocycles. The van der Waals surface area contributed by atoms with Crippen molar-refractivity contribution < 1.29 is 0 Å². The van der Waals surface area contributed by atoms with Gasteiger partial charge in [0.1, 0.15) is 0 Å². The molecule has 0 fully saturated rings. The SMILES string of the molecule is CCNC(=NCCCc1c[nH]c2ccccc12)N(C)Cc1cnn(C)c1.I. The molecule has 0 spiro atoms. The van der Waals surface area contributed by atoms with Crippen LogP contribution in [0.5, 0.6) is 0 Å². The van der Waals surface area contributed by atoms with Crippen LogP contribution < -0.4 is 5.32 Å². The first-order valence-corrected chi connectivity index (χ1v) is 9.19. The van der Waals surface area contributed by atoms with Gasteiger partial charge in [0, 0.05) is 62.6 Å². The van der Waals surface area contributed by atoms with Crippen LogP contribution in [0.3, 0.4) is 0 Å². The fraction of sp³-hybridized carbons (Fsp3) is 0.400. The molecule has 7 heteroatoms. The molecule has 0 unspecified atom stereocenters. The first-order chi connectivity index (χ1) is 12.7. The van der Waals surface area contributed by atoms with E-state index in [4.69, 9.17) is 4.99 Å². The van der Waals surface area contributed by atoms with E-state index in [0.29, 0.717) is 0 Å². The zero-order valence-electron chi connectivity index (χ0n) is 16.3. The van der Waals surface area contributed by atoms with E-state index in [1.54, 1.807) is 0 Å². The summed E-state index contributed by atoms with van der Waals surface area (Å²) in [4.78, 5) is 10.3. The van der Waals surface area contributed by atoms with Crippen molar-refractivity contribution in [3.63, 3.8) is 0 Å². The number of H-pyrrole nitrogens is 1. The highest BCUT2D eigenvalue weighted by molar-refractivity contribution is 14.0.